The van der Waals surface area contributed by atoms with Gasteiger partial charge in [-0.05, 0) is 25.0 Å². The minimum atomic E-state index is -5.25. The summed E-state index contributed by atoms with van der Waals surface area (Å²) in [5.74, 6) is 0. The van der Waals surface area contributed by atoms with Crippen LogP contribution in [0.5, 0.6) is 0 Å². The van der Waals surface area contributed by atoms with Gasteiger partial charge in [0.25, 0.3) is 5.71 Å². The van der Waals surface area contributed by atoms with Crippen molar-refractivity contribution in [3.63, 3.8) is 0 Å². The van der Waals surface area contributed by atoms with Crippen molar-refractivity contribution < 1.29 is 48.5 Å². The van der Waals surface area contributed by atoms with Crippen molar-refractivity contribution in [3.05, 3.63) is 29.5 Å². The first-order valence-corrected chi connectivity index (χ1v) is 11.9. The van der Waals surface area contributed by atoms with Crippen LogP contribution in [0.3, 0.4) is 0 Å². The average molecular weight is 453 g/mol. The van der Waals surface area contributed by atoms with E-state index in [-0.39, 0.29) is 12.5 Å². The molecule has 1 aliphatic heterocycles. The molecule has 0 aromatic carbocycles. The van der Waals surface area contributed by atoms with Crippen LogP contribution in [0, 0.1) is 0 Å². The van der Waals surface area contributed by atoms with Crippen molar-refractivity contribution in [2.45, 2.75) is 58.5 Å². The Morgan fingerprint density at radius 3 is 2.34 bits per heavy atom. The molecule has 0 aromatic rings. The average Bonchev–Trinajstić information content (AvgIpc) is 2.68. The van der Waals surface area contributed by atoms with Gasteiger partial charge >= 0.3 is 29.5 Å². The first kappa shape index (κ1) is 25.6. The molecule has 1 heterocycles. The molecule has 0 aromatic heterocycles. The van der Waals surface area contributed by atoms with E-state index in [1.165, 1.54) is 0 Å². The van der Waals surface area contributed by atoms with Gasteiger partial charge in [0.1, 0.15) is 0 Å². The van der Waals surface area contributed by atoms with Gasteiger partial charge < -0.3 is 24.6 Å². The molecule has 0 radical (unpaired) electrons. The summed E-state index contributed by atoms with van der Waals surface area (Å²) in [6, 6.07) is 0. The normalized spacial score (nSPS) is 21.9. The van der Waals surface area contributed by atoms with E-state index in [0.717, 1.165) is 38.0 Å². The van der Waals surface area contributed by atoms with Gasteiger partial charge in [-0.25, -0.2) is 0 Å². The Hall–Kier alpha value is -1.41. The fraction of sp³-hybridized carbons (Fsp3) is 0.722. The maximum absolute atomic E-state index is 8.87. The number of hydrogen-bond acceptors (Lipinski definition) is 6. The van der Waals surface area contributed by atoms with Crippen molar-refractivity contribution in [2.75, 3.05) is 26.4 Å². The van der Waals surface area contributed by atoms with E-state index in [1.54, 1.807) is 0 Å². The van der Waals surface area contributed by atoms with Crippen LogP contribution in [-0.2, 0) is 35.4 Å². The summed E-state index contributed by atoms with van der Waals surface area (Å²) in [6.45, 7) is 6.87. The Labute approximate surface area is 173 Å². The molecule has 0 amide bonds. The van der Waals surface area contributed by atoms with Crippen LogP contribution in [0.15, 0.2) is 23.9 Å². The van der Waals surface area contributed by atoms with Gasteiger partial charge in [-0.2, -0.15) is 4.79 Å². The Morgan fingerprint density at radius 1 is 1.21 bits per heavy atom. The Morgan fingerprint density at radius 2 is 1.83 bits per heavy atom. The maximum atomic E-state index is 8.87. The molecule has 0 bridgehead atoms. The molecular weight excluding hydrogens is 422 g/mol. The molecule has 2 N–H and O–H groups in total. The van der Waals surface area contributed by atoms with Crippen molar-refractivity contribution >= 4 is 5.71 Å². The van der Waals surface area contributed by atoms with Crippen LogP contribution in [0.2, 0.25) is 0 Å². The number of rotatable bonds is 9. The second kappa shape index (κ2) is 13.7. The van der Waals surface area contributed by atoms with Crippen molar-refractivity contribution in [2.24, 2.45) is 0 Å². The third-order valence-corrected chi connectivity index (χ3v) is 4.15. The van der Waals surface area contributed by atoms with E-state index in [1.807, 2.05) is 12.2 Å². The zero-order chi connectivity index (χ0) is 21.7. The number of hydrogen-bond donors (Lipinski definition) is 2. The van der Waals surface area contributed by atoms with E-state index >= 15 is 0 Å². The van der Waals surface area contributed by atoms with Gasteiger partial charge in [0.05, 0.1) is 19.6 Å². The number of nitrogens with zero attached hydrogens (tertiary/aromatic N) is 3. The molecule has 10 nitrogen and oxygen atoms in total. The van der Waals surface area contributed by atoms with E-state index in [9.17, 15) is 0 Å². The molecule has 1 fully saturated rings. The van der Waals surface area contributed by atoms with Gasteiger partial charge in [-0.1, -0.05) is 26.7 Å². The summed E-state index contributed by atoms with van der Waals surface area (Å²) in [6.07, 6.45) is 10.4. The summed E-state index contributed by atoms with van der Waals surface area (Å²) < 4.78 is 49.5. The summed E-state index contributed by atoms with van der Waals surface area (Å²) in [7, 11) is 0. The quantitative estimate of drug-likeness (QED) is 0.306. The molecule has 2 aliphatic rings. The van der Waals surface area contributed by atoms with Crippen LogP contribution in [-0.4, -0.2) is 62.6 Å². The van der Waals surface area contributed by atoms with Gasteiger partial charge in [0, 0.05) is 25.0 Å². The summed E-state index contributed by atoms with van der Waals surface area (Å²) in [5, 5.41) is 0. The second-order valence-electron chi connectivity index (χ2n) is 6.52. The van der Waals surface area contributed by atoms with E-state index in [4.69, 9.17) is 35.7 Å². The second-order valence-corrected chi connectivity index (χ2v) is 7.92. The fourth-order valence-electron chi connectivity index (χ4n) is 2.66. The summed E-state index contributed by atoms with van der Waals surface area (Å²) in [4.78, 5) is 5.45. The Kier molecular flexibility index (Phi) is 12.2. The predicted molar refractivity (Wildman–Crippen MR) is 98.2 cm³/mol. The molecule has 1 saturated heterocycles. The summed E-state index contributed by atoms with van der Waals surface area (Å²) in [5.41, 5.74) is 10.6. The first-order chi connectivity index (χ1) is 13.8. The zero-order valence-electron chi connectivity index (χ0n) is 16.9. The molecular formula is C18H31CrN3O7. The molecule has 2 atom stereocenters. The molecule has 2 rings (SSSR count). The molecule has 2 unspecified atom stereocenters. The van der Waals surface area contributed by atoms with Crippen LogP contribution in [0.25, 0.3) is 5.53 Å². The number of ether oxygens (including phenoxy) is 3. The predicted octanol–water partition coefficient (Wildman–Crippen LogP) is 1.76. The van der Waals surface area contributed by atoms with E-state index in [2.05, 4.69) is 29.6 Å². The molecule has 11 heteroatoms. The van der Waals surface area contributed by atoms with E-state index < -0.39 is 13.6 Å². The number of allylic oxidation sites excluding steroid dienone is 3. The standard InChI is InChI=1S/C18H29N3O3.Cr.2H2O.2O/c1-3-5-11-22-17-14-24-18(23-12-6-4-2)13-21(17)16-9-7-15(20-19)8-10-16;;;;;/h7,9-10,17-18H,3-6,8,11-14H2,1-2H3;;2*1H2;;/q;+2;;;;/p-2. The van der Waals surface area contributed by atoms with Gasteiger partial charge in [0.15, 0.2) is 12.5 Å². The van der Waals surface area contributed by atoms with Gasteiger partial charge in [-0.3, -0.25) is 0 Å². The van der Waals surface area contributed by atoms with Gasteiger partial charge in [0.2, 0.25) is 0 Å². The monoisotopic (exact) mass is 453 g/mol. The topological polar surface area (TPSA) is 142 Å². The third-order valence-electron chi connectivity index (χ3n) is 4.15. The van der Waals surface area contributed by atoms with E-state index in [0.29, 0.717) is 31.9 Å². The fourth-order valence-corrected chi connectivity index (χ4v) is 2.66. The van der Waals surface area contributed by atoms with Crippen LogP contribution >= 0.6 is 0 Å². The Balaban J connectivity index is 0.000000749. The zero-order valence-corrected chi connectivity index (χ0v) is 18.2. The molecule has 0 saturated carbocycles. The third kappa shape index (κ3) is 11.4. The van der Waals surface area contributed by atoms with Gasteiger partial charge in [-0.15, -0.1) is 0 Å². The van der Waals surface area contributed by atoms with Crippen molar-refractivity contribution in [1.29, 1.82) is 0 Å². The number of morpholine rings is 1. The van der Waals surface area contributed by atoms with Crippen LogP contribution in [0.4, 0.5) is 0 Å². The first-order valence-electron chi connectivity index (χ1n) is 9.69. The van der Waals surface area contributed by atoms with Crippen molar-refractivity contribution in [3.8, 4) is 0 Å². The van der Waals surface area contributed by atoms with Crippen LogP contribution < -0.4 is 0 Å². The summed E-state index contributed by atoms with van der Waals surface area (Å²) >= 11 is -5.25. The molecule has 1 aliphatic carbocycles. The minimum absolute atomic E-state index is 0.105. The molecule has 29 heavy (non-hydrogen) atoms. The van der Waals surface area contributed by atoms with Crippen molar-refractivity contribution in [1.82, 2.24) is 4.90 Å². The molecule has 166 valence electrons. The number of unbranched alkanes of at least 4 members (excludes halogenated alkanes) is 2. The Bertz CT molecular complexity index is 694. The SMILES string of the molecule is CCCCOC1CN(C2=CCC(=[N+]=[N-])C=C2)C(OCCCC)CO1.[O]=[Cr](=[O])([OH])[OH]. The molecule has 0 spiro atoms. The van der Waals surface area contributed by atoms with Crippen LogP contribution in [0.1, 0.15) is 46.0 Å².